The van der Waals surface area contributed by atoms with E-state index in [-0.39, 0.29) is 5.82 Å². The van der Waals surface area contributed by atoms with Crippen LogP contribution in [0.5, 0.6) is 0 Å². The van der Waals surface area contributed by atoms with E-state index in [1.165, 1.54) is 29.5 Å². The van der Waals surface area contributed by atoms with Gasteiger partial charge in [0.25, 0.3) is 0 Å². The Morgan fingerprint density at radius 2 is 2.19 bits per heavy atom. The zero-order valence-corrected chi connectivity index (χ0v) is 13.4. The molecule has 0 spiro atoms. The van der Waals surface area contributed by atoms with Crippen molar-refractivity contribution < 1.29 is 4.39 Å². The van der Waals surface area contributed by atoms with Gasteiger partial charge in [0.2, 0.25) is 0 Å². The molecular formula is C17H21FN2S. The molecule has 1 N–H and O–H groups in total. The Balaban J connectivity index is 1.88. The smallest absolute Gasteiger partial charge is 0.126 e. The minimum atomic E-state index is -0.150. The minimum Gasteiger partial charge on any atom is -0.312 e. The number of hydrogen-bond donors (Lipinski definition) is 1. The SMILES string of the molecule is CCCNCc1sc(-c2ccc(F)c(C)c2)nc1C1CC1. The van der Waals surface area contributed by atoms with Crippen molar-refractivity contribution in [1.82, 2.24) is 10.3 Å². The van der Waals surface area contributed by atoms with Gasteiger partial charge in [0.1, 0.15) is 10.8 Å². The third kappa shape index (κ3) is 3.33. The number of thiazole rings is 1. The average Bonchev–Trinajstić information content (AvgIpc) is 3.23. The predicted molar refractivity (Wildman–Crippen MR) is 86.2 cm³/mol. The first-order valence-electron chi connectivity index (χ1n) is 7.66. The maximum atomic E-state index is 13.4. The van der Waals surface area contributed by atoms with Crippen molar-refractivity contribution in [3.63, 3.8) is 0 Å². The van der Waals surface area contributed by atoms with Crippen LogP contribution in [0, 0.1) is 12.7 Å². The van der Waals surface area contributed by atoms with Crippen LogP contribution in [0.1, 0.15) is 48.2 Å². The summed E-state index contributed by atoms with van der Waals surface area (Å²) in [5.41, 5.74) is 2.98. The van der Waals surface area contributed by atoms with Crippen molar-refractivity contribution >= 4 is 11.3 Å². The lowest BCUT2D eigenvalue weighted by molar-refractivity contribution is 0.619. The van der Waals surface area contributed by atoms with Crippen LogP contribution in [0.15, 0.2) is 18.2 Å². The zero-order chi connectivity index (χ0) is 14.8. The molecule has 1 aliphatic carbocycles. The molecule has 1 aliphatic rings. The number of hydrogen-bond acceptors (Lipinski definition) is 3. The Kier molecular flexibility index (Phi) is 4.36. The molecule has 2 aromatic rings. The lowest BCUT2D eigenvalue weighted by atomic mass is 10.1. The fraction of sp³-hybridized carbons (Fsp3) is 0.471. The van der Waals surface area contributed by atoms with Gasteiger partial charge in [0.05, 0.1) is 5.69 Å². The van der Waals surface area contributed by atoms with Crippen molar-refractivity contribution in [1.29, 1.82) is 0 Å². The van der Waals surface area contributed by atoms with E-state index < -0.39 is 0 Å². The van der Waals surface area contributed by atoms with Gasteiger partial charge in [-0.2, -0.15) is 0 Å². The largest absolute Gasteiger partial charge is 0.312 e. The summed E-state index contributed by atoms with van der Waals surface area (Å²) in [5, 5.41) is 4.49. The van der Waals surface area contributed by atoms with Crippen molar-refractivity contribution in [2.24, 2.45) is 0 Å². The molecule has 1 aromatic heterocycles. The second-order valence-electron chi connectivity index (χ2n) is 5.74. The Labute approximate surface area is 129 Å². The van der Waals surface area contributed by atoms with E-state index in [2.05, 4.69) is 12.2 Å². The van der Waals surface area contributed by atoms with Crippen LogP contribution in [0.4, 0.5) is 4.39 Å². The fourth-order valence-electron chi connectivity index (χ4n) is 2.45. The molecule has 0 amide bonds. The van der Waals surface area contributed by atoms with Crippen molar-refractivity contribution in [3.05, 3.63) is 40.2 Å². The summed E-state index contributed by atoms with van der Waals surface area (Å²) in [6.45, 7) is 5.91. The summed E-state index contributed by atoms with van der Waals surface area (Å²) in [6, 6.07) is 5.27. The van der Waals surface area contributed by atoms with Gasteiger partial charge in [0, 0.05) is 22.9 Å². The predicted octanol–water partition coefficient (Wildman–Crippen LogP) is 4.63. The normalized spacial score (nSPS) is 14.6. The van der Waals surface area contributed by atoms with Gasteiger partial charge in [-0.05, 0) is 56.5 Å². The number of halogens is 1. The molecule has 0 bridgehead atoms. The van der Waals surface area contributed by atoms with Gasteiger partial charge in [-0.3, -0.25) is 0 Å². The highest BCUT2D eigenvalue weighted by Crippen LogP contribution is 2.44. The first-order chi connectivity index (χ1) is 10.2. The van der Waals surface area contributed by atoms with E-state index in [9.17, 15) is 4.39 Å². The third-order valence-corrected chi connectivity index (χ3v) is 4.93. The first-order valence-corrected chi connectivity index (χ1v) is 8.47. The Bertz CT molecular complexity index is 632. The highest BCUT2D eigenvalue weighted by Gasteiger charge is 2.29. The molecule has 0 unspecified atom stereocenters. The second-order valence-corrected chi connectivity index (χ2v) is 6.83. The summed E-state index contributed by atoms with van der Waals surface area (Å²) < 4.78 is 13.4. The quantitative estimate of drug-likeness (QED) is 0.787. The van der Waals surface area contributed by atoms with Crippen LogP contribution < -0.4 is 5.32 Å². The molecule has 21 heavy (non-hydrogen) atoms. The van der Waals surface area contributed by atoms with Crippen LogP contribution >= 0.6 is 11.3 Å². The Morgan fingerprint density at radius 1 is 1.38 bits per heavy atom. The molecule has 1 aromatic carbocycles. The zero-order valence-electron chi connectivity index (χ0n) is 12.6. The van der Waals surface area contributed by atoms with Crippen LogP contribution in [-0.4, -0.2) is 11.5 Å². The van der Waals surface area contributed by atoms with Crippen molar-refractivity contribution in [3.8, 4) is 10.6 Å². The van der Waals surface area contributed by atoms with Crippen molar-refractivity contribution in [2.75, 3.05) is 6.54 Å². The number of nitrogens with one attached hydrogen (secondary N) is 1. The topological polar surface area (TPSA) is 24.9 Å². The molecule has 0 aliphatic heterocycles. The molecular weight excluding hydrogens is 283 g/mol. The molecule has 1 fully saturated rings. The maximum Gasteiger partial charge on any atom is 0.126 e. The number of aryl methyl sites for hydroxylation is 1. The molecule has 0 atom stereocenters. The summed E-state index contributed by atoms with van der Waals surface area (Å²) >= 11 is 1.75. The Morgan fingerprint density at radius 3 is 2.86 bits per heavy atom. The van der Waals surface area contributed by atoms with Gasteiger partial charge < -0.3 is 5.32 Å². The van der Waals surface area contributed by atoms with E-state index in [1.54, 1.807) is 18.3 Å². The molecule has 0 radical (unpaired) electrons. The van der Waals surface area contributed by atoms with Gasteiger partial charge in [-0.25, -0.2) is 9.37 Å². The van der Waals surface area contributed by atoms with Gasteiger partial charge in [0.15, 0.2) is 0 Å². The minimum absolute atomic E-state index is 0.150. The van der Waals surface area contributed by atoms with E-state index >= 15 is 0 Å². The highest BCUT2D eigenvalue weighted by atomic mass is 32.1. The lowest BCUT2D eigenvalue weighted by Gasteiger charge is -2.01. The standard InChI is InChI=1S/C17H21FN2S/c1-3-8-19-10-15-16(12-4-5-12)20-17(21-15)13-6-7-14(18)11(2)9-13/h6-7,9,12,19H,3-5,8,10H2,1-2H3. The van der Waals surface area contributed by atoms with Crippen molar-refractivity contribution in [2.45, 2.75) is 45.6 Å². The molecule has 0 saturated heterocycles. The van der Waals surface area contributed by atoms with E-state index in [0.717, 1.165) is 30.1 Å². The fourth-order valence-corrected chi connectivity index (χ4v) is 3.56. The summed E-state index contributed by atoms with van der Waals surface area (Å²) in [7, 11) is 0. The molecule has 4 heteroatoms. The van der Waals surface area contributed by atoms with Crippen LogP contribution in [0.2, 0.25) is 0 Å². The maximum absolute atomic E-state index is 13.4. The van der Waals surface area contributed by atoms with Crippen LogP contribution in [0.3, 0.4) is 0 Å². The highest BCUT2D eigenvalue weighted by molar-refractivity contribution is 7.15. The number of benzene rings is 1. The van der Waals surface area contributed by atoms with Crippen LogP contribution in [0.25, 0.3) is 10.6 Å². The number of nitrogens with zero attached hydrogens (tertiary/aromatic N) is 1. The van der Waals surface area contributed by atoms with Gasteiger partial charge >= 0.3 is 0 Å². The molecule has 3 rings (SSSR count). The van der Waals surface area contributed by atoms with E-state index in [4.69, 9.17) is 4.98 Å². The molecule has 2 nitrogen and oxygen atoms in total. The third-order valence-electron chi connectivity index (χ3n) is 3.81. The summed E-state index contributed by atoms with van der Waals surface area (Å²) in [6.07, 6.45) is 3.65. The molecule has 1 saturated carbocycles. The van der Waals surface area contributed by atoms with Crippen LogP contribution in [-0.2, 0) is 6.54 Å². The number of rotatable bonds is 6. The monoisotopic (exact) mass is 304 g/mol. The molecule has 112 valence electrons. The summed E-state index contributed by atoms with van der Waals surface area (Å²) in [4.78, 5) is 6.20. The second kappa shape index (κ2) is 6.24. The van der Waals surface area contributed by atoms with Gasteiger partial charge in [-0.15, -0.1) is 11.3 Å². The first kappa shape index (κ1) is 14.7. The summed E-state index contributed by atoms with van der Waals surface area (Å²) in [5.74, 6) is 0.498. The van der Waals surface area contributed by atoms with Gasteiger partial charge in [-0.1, -0.05) is 6.92 Å². The molecule has 1 heterocycles. The lowest BCUT2D eigenvalue weighted by Crippen LogP contribution is -2.13. The average molecular weight is 304 g/mol. The van der Waals surface area contributed by atoms with E-state index in [1.807, 2.05) is 12.1 Å². The Hall–Kier alpha value is -1.26. The van der Waals surface area contributed by atoms with E-state index in [0.29, 0.717) is 11.5 Å². The number of aromatic nitrogens is 1.